The summed E-state index contributed by atoms with van der Waals surface area (Å²) in [5.74, 6) is -0.231. The number of aromatic amines is 1. The van der Waals surface area contributed by atoms with Crippen molar-refractivity contribution in [2.24, 2.45) is 0 Å². The van der Waals surface area contributed by atoms with Gasteiger partial charge >= 0.3 is 5.69 Å². The average molecular weight is 393 g/mol. The first-order valence-electron chi connectivity index (χ1n) is 8.73. The summed E-state index contributed by atoms with van der Waals surface area (Å²) in [5, 5.41) is 18.2. The van der Waals surface area contributed by atoms with Gasteiger partial charge in [-0.05, 0) is 37.1 Å². The van der Waals surface area contributed by atoms with Crippen LogP contribution in [0.5, 0.6) is 0 Å². The van der Waals surface area contributed by atoms with Gasteiger partial charge < -0.3 is 5.32 Å². The summed E-state index contributed by atoms with van der Waals surface area (Å²) < 4.78 is 1.54. The molecule has 3 rings (SSSR count). The molecule has 0 saturated heterocycles. The van der Waals surface area contributed by atoms with Crippen LogP contribution < -0.4 is 11.0 Å². The molecule has 3 aromatic rings. The largest absolute Gasteiger partial charge is 0.343 e. The Kier molecular flexibility index (Phi) is 6.29. The van der Waals surface area contributed by atoms with Crippen molar-refractivity contribution in [1.82, 2.24) is 14.8 Å². The van der Waals surface area contributed by atoms with Gasteiger partial charge in [-0.1, -0.05) is 48.2 Å². The Morgan fingerprint density at radius 3 is 2.82 bits per heavy atom. The molecule has 0 unspecified atom stereocenters. The summed E-state index contributed by atoms with van der Waals surface area (Å²) in [4.78, 5) is 24.5. The SMILES string of the molecule is C[C@H](Sc1n[nH]c(=O)n1CCc1ccccc1)C(=O)Nc1cccc(C#N)c1. The van der Waals surface area contributed by atoms with E-state index >= 15 is 0 Å². The molecule has 0 aliphatic heterocycles. The lowest BCUT2D eigenvalue weighted by molar-refractivity contribution is -0.115. The van der Waals surface area contributed by atoms with Crippen LogP contribution in [0.1, 0.15) is 18.1 Å². The molecule has 1 atom stereocenters. The average Bonchev–Trinajstić information content (AvgIpc) is 3.06. The molecular weight excluding hydrogens is 374 g/mol. The second-order valence-corrected chi connectivity index (χ2v) is 7.45. The lowest BCUT2D eigenvalue weighted by Crippen LogP contribution is -2.24. The van der Waals surface area contributed by atoms with E-state index in [4.69, 9.17) is 5.26 Å². The summed E-state index contributed by atoms with van der Waals surface area (Å²) >= 11 is 1.21. The third-order valence-electron chi connectivity index (χ3n) is 4.10. The Morgan fingerprint density at radius 2 is 2.07 bits per heavy atom. The highest BCUT2D eigenvalue weighted by Gasteiger charge is 2.19. The van der Waals surface area contributed by atoms with E-state index in [0.29, 0.717) is 29.4 Å². The van der Waals surface area contributed by atoms with Gasteiger partial charge in [-0.2, -0.15) is 5.26 Å². The van der Waals surface area contributed by atoms with Crippen LogP contribution in [-0.2, 0) is 17.8 Å². The number of aryl methyl sites for hydroxylation is 1. The van der Waals surface area contributed by atoms with Gasteiger partial charge in [0.15, 0.2) is 5.16 Å². The third kappa shape index (κ3) is 4.90. The van der Waals surface area contributed by atoms with Gasteiger partial charge in [0, 0.05) is 12.2 Å². The Morgan fingerprint density at radius 1 is 1.29 bits per heavy atom. The minimum absolute atomic E-state index is 0.231. The molecule has 7 nitrogen and oxygen atoms in total. The highest BCUT2D eigenvalue weighted by molar-refractivity contribution is 8.00. The first kappa shape index (κ1) is 19.5. The number of nitrogens with one attached hydrogen (secondary N) is 2. The number of aromatic nitrogens is 3. The zero-order valence-electron chi connectivity index (χ0n) is 15.3. The zero-order chi connectivity index (χ0) is 19.9. The molecule has 1 aromatic heterocycles. The van der Waals surface area contributed by atoms with Gasteiger partial charge in [0.2, 0.25) is 5.91 Å². The number of benzene rings is 2. The van der Waals surface area contributed by atoms with Gasteiger partial charge in [-0.25, -0.2) is 9.89 Å². The van der Waals surface area contributed by atoms with Gasteiger partial charge in [0.05, 0.1) is 16.9 Å². The van der Waals surface area contributed by atoms with Crippen molar-refractivity contribution in [2.45, 2.75) is 30.3 Å². The van der Waals surface area contributed by atoms with Crippen LogP contribution in [0.3, 0.4) is 0 Å². The Balaban J connectivity index is 1.65. The van der Waals surface area contributed by atoms with Crippen molar-refractivity contribution in [3.05, 3.63) is 76.2 Å². The van der Waals surface area contributed by atoms with Crippen molar-refractivity contribution in [3.63, 3.8) is 0 Å². The number of nitriles is 1. The van der Waals surface area contributed by atoms with Gasteiger partial charge in [-0.15, -0.1) is 5.10 Å². The van der Waals surface area contributed by atoms with E-state index in [0.717, 1.165) is 5.56 Å². The number of anilines is 1. The fraction of sp³-hybridized carbons (Fsp3) is 0.200. The molecule has 2 N–H and O–H groups in total. The minimum Gasteiger partial charge on any atom is -0.325 e. The minimum atomic E-state index is -0.476. The smallest absolute Gasteiger partial charge is 0.325 e. The van der Waals surface area contributed by atoms with Gasteiger partial charge in [-0.3, -0.25) is 9.36 Å². The normalized spacial score (nSPS) is 11.6. The first-order valence-corrected chi connectivity index (χ1v) is 9.61. The number of hydrogen-bond acceptors (Lipinski definition) is 5. The number of carbonyl (C=O) groups is 1. The molecule has 1 heterocycles. The summed E-state index contributed by atoms with van der Waals surface area (Å²) in [5.41, 5.74) is 1.85. The molecule has 142 valence electrons. The lowest BCUT2D eigenvalue weighted by Gasteiger charge is -2.12. The standard InChI is InChI=1S/C20H19N5O2S/c1-14(18(26)22-17-9-5-8-16(12-17)13-21)28-20-24-23-19(27)25(20)11-10-15-6-3-2-4-7-15/h2-9,12,14H,10-11H2,1H3,(H,22,26)(H,23,27)/t14-/m0/s1. The molecule has 0 aliphatic rings. The lowest BCUT2D eigenvalue weighted by atomic mass is 10.1. The molecular formula is C20H19N5O2S. The number of hydrogen-bond donors (Lipinski definition) is 2. The topological polar surface area (TPSA) is 104 Å². The molecule has 0 aliphatic carbocycles. The first-order chi connectivity index (χ1) is 13.6. The van der Waals surface area contributed by atoms with Crippen molar-refractivity contribution in [3.8, 4) is 6.07 Å². The summed E-state index contributed by atoms with van der Waals surface area (Å²) in [6.45, 7) is 2.22. The van der Waals surface area contributed by atoms with Crippen molar-refractivity contribution < 1.29 is 4.79 Å². The van der Waals surface area contributed by atoms with Crippen LogP contribution in [0.4, 0.5) is 5.69 Å². The molecule has 1 amide bonds. The second-order valence-electron chi connectivity index (χ2n) is 6.14. The van der Waals surface area contributed by atoms with E-state index in [1.807, 2.05) is 36.4 Å². The van der Waals surface area contributed by atoms with Gasteiger partial charge in [0.1, 0.15) is 0 Å². The van der Waals surface area contributed by atoms with E-state index in [2.05, 4.69) is 15.5 Å². The second kappa shape index (κ2) is 9.06. The number of nitrogens with zero attached hydrogens (tertiary/aromatic N) is 3. The van der Waals surface area contributed by atoms with Crippen LogP contribution in [0.2, 0.25) is 0 Å². The summed E-state index contributed by atoms with van der Waals surface area (Å²) in [7, 11) is 0. The van der Waals surface area contributed by atoms with Crippen LogP contribution >= 0.6 is 11.8 Å². The maximum absolute atomic E-state index is 12.5. The van der Waals surface area contributed by atoms with E-state index in [-0.39, 0.29) is 11.6 Å². The Hall–Kier alpha value is -3.31. The van der Waals surface area contributed by atoms with E-state index in [9.17, 15) is 9.59 Å². The predicted molar refractivity (Wildman–Crippen MR) is 108 cm³/mol. The fourth-order valence-corrected chi connectivity index (χ4v) is 3.48. The maximum Gasteiger partial charge on any atom is 0.343 e. The monoisotopic (exact) mass is 393 g/mol. The Bertz CT molecular complexity index is 1050. The van der Waals surface area contributed by atoms with Gasteiger partial charge in [0.25, 0.3) is 0 Å². The summed E-state index contributed by atoms with van der Waals surface area (Å²) in [6, 6.07) is 18.6. The molecule has 0 radical (unpaired) electrons. The Labute approximate surface area is 166 Å². The quantitative estimate of drug-likeness (QED) is 0.601. The van der Waals surface area contributed by atoms with Crippen LogP contribution in [-0.4, -0.2) is 25.9 Å². The van der Waals surface area contributed by atoms with E-state index in [1.165, 1.54) is 16.3 Å². The number of thioether (sulfide) groups is 1. The molecule has 8 heteroatoms. The molecule has 0 fully saturated rings. The molecule has 28 heavy (non-hydrogen) atoms. The van der Waals surface area contributed by atoms with E-state index < -0.39 is 5.25 Å². The van der Waals surface area contributed by atoms with E-state index in [1.54, 1.807) is 31.2 Å². The van der Waals surface area contributed by atoms with Crippen molar-refractivity contribution >= 4 is 23.4 Å². The highest BCUT2D eigenvalue weighted by Crippen LogP contribution is 2.22. The number of carbonyl (C=O) groups excluding carboxylic acids is 1. The molecule has 0 spiro atoms. The maximum atomic E-state index is 12.5. The molecule has 2 aromatic carbocycles. The van der Waals surface area contributed by atoms with Crippen molar-refractivity contribution in [1.29, 1.82) is 5.26 Å². The van der Waals surface area contributed by atoms with Crippen molar-refractivity contribution in [2.75, 3.05) is 5.32 Å². The predicted octanol–water partition coefficient (Wildman–Crippen LogP) is 2.81. The third-order valence-corrected chi connectivity index (χ3v) is 5.19. The zero-order valence-corrected chi connectivity index (χ0v) is 16.1. The number of rotatable bonds is 7. The molecule has 0 saturated carbocycles. The highest BCUT2D eigenvalue weighted by atomic mass is 32.2. The van der Waals surface area contributed by atoms with Crippen LogP contribution in [0.25, 0.3) is 0 Å². The fourth-order valence-electron chi connectivity index (χ4n) is 2.60. The summed E-state index contributed by atoms with van der Waals surface area (Å²) in [6.07, 6.45) is 0.690. The number of amides is 1. The van der Waals surface area contributed by atoms with Crippen LogP contribution in [0.15, 0.2) is 64.5 Å². The molecule has 0 bridgehead atoms. The van der Waals surface area contributed by atoms with Crippen LogP contribution in [0, 0.1) is 11.3 Å². The number of H-pyrrole nitrogens is 1.